The second kappa shape index (κ2) is 6.40. The van der Waals surface area contributed by atoms with Gasteiger partial charge >= 0.3 is 0 Å². The first-order valence-corrected chi connectivity index (χ1v) is 6.00. The molecule has 1 rings (SSSR count). The van der Waals surface area contributed by atoms with Crippen LogP contribution in [0.1, 0.15) is 35.7 Å². The smallest absolute Gasteiger partial charge is 0.163 e. The molecule has 0 aliphatic heterocycles. The highest BCUT2D eigenvalue weighted by atomic mass is 16.5. The summed E-state index contributed by atoms with van der Waals surface area (Å²) in [6.07, 6.45) is 1.47. The lowest BCUT2D eigenvalue weighted by molar-refractivity contribution is 0.0960. The normalized spacial score (nSPS) is 12.2. The van der Waals surface area contributed by atoms with Crippen molar-refractivity contribution in [2.75, 3.05) is 13.7 Å². The van der Waals surface area contributed by atoms with Gasteiger partial charge in [-0.15, -0.1) is 0 Å². The van der Waals surface area contributed by atoms with E-state index in [0.717, 1.165) is 23.3 Å². The number of carbonyl (C=O) groups excluding carboxylic acids is 1. The Morgan fingerprint density at radius 2 is 2.18 bits per heavy atom. The molecule has 0 aliphatic carbocycles. The van der Waals surface area contributed by atoms with Crippen molar-refractivity contribution >= 4 is 5.78 Å². The number of hydrogen-bond donors (Lipinski definition) is 1. The first-order chi connectivity index (χ1) is 8.12. The molecule has 1 atom stereocenters. The van der Waals surface area contributed by atoms with Crippen LogP contribution in [0.3, 0.4) is 0 Å². The van der Waals surface area contributed by atoms with Crippen molar-refractivity contribution in [2.24, 2.45) is 11.7 Å². The minimum absolute atomic E-state index is 0.169. The number of rotatable bonds is 6. The highest BCUT2D eigenvalue weighted by Crippen LogP contribution is 2.20. The quantitative estimate of drug-likeness (QED) is 0.771. The number of hydrogen-bond acceptors (Lipinski definition) is 3. The first-order valence-electron chi connectivity index (χ1n) is 6.00. The minimum Gasteiger partial charge on any atom is -0.497 e. The summed E-state index contributed by atoms with van der Waals surface area (Å²) in [6.45, 7) is 4.56. The van der Waals surface area contributed by atoms with Crippen molar-refractivity contribution in [1.29, 1.82) is 0 Å². The summed E-state index contributed by atoms with van der Waals surface area (Å²) in [5.41, 5.74) is 7.36. The molecule has 3 heteroatoms. The molecule has 0 aromatic heterocycles. The Hall–Kier alpha value is -1.35. The van der Waals surface area contributed by atoms with Crippen LogP contribution in [0.2, 0.25) is 0 Å². The Labute approximate surface area is 103 Å². The minimum atomic E-state index is 0.169. The van der Waals surface area contributed by atoms with Gasteiger partial charge in [0.1, 0.15) is 5.75 Å². The molecular formula is C14H21NO2. The van der Waals surface area contributed by atoms with Gasteiger partial charge in [0.2, 0.25) is 0 Å². The molecule has 0 fully saturated rings. The van der Waals surface area contributed by atoms with Gasteiger partial charge in [0, 0.05) is 12.0 Å². The fourth-order valence-corrected chi connectivity index (χ4v) is 1.84. The SMILES string of the molecule is CCC(CN)CC(=O)c1ccc(OC)cc1C. The third-order valence-electron chi connectivity index (χ3n) is 3.12. The van der Waals surface area contributed by atoms with Crippen molar-refractivity contribution in [1.82, 2.24) is 0 Å². The van der Waals surface area contributed by atoms with E-state index in [2.05, 4.69) is 6.92 Å². The Kier molecular flexibility index (Phi) is 5.16. The molecule has 0 radical (unpaired) electrons. The van der Waals surface area contributed by atoms with E-state index < -0.39 is 0 Å². The summed E-state index contributed by atoms with van der Waals surface area (Å²) in [4.78, 5) is 12.1. The van der Waals surface area contributed by atoms with Crippen LogP contribution >= 0.6 is 0 Å². The molecule has 0 saturated heterocycles. The molecule has 1 aromatic carbocycles. The van der Waals surface area contributed by atoms with E-state index in [4.69, 9.17) is 10.5 Å². The van der Waals surface area contributed by atoms with Crippen molar-refractivity contribution < 1.29 is 9.53 Å². The van der Waals surface area contributed by atoms with Crippen molar-refractivity contribution in [3.63, 3.8) is 0 Å². The molecule has 0 aliphatic rings. The van der Waals surface area contributed by atoms with Gasteiger partial charge < -0.3 is 10.5 Å². The van der Waals surface area contributed by atoms with Crippen LogP contribution in [-0.2, 0) is 0 Å². The molecule has 1 aromatic rings. The van der Waals surface area contributed by atoms with Gasteiger partial charge in [-0.25, -0.2) is 0 Å². The highest BCUT2D eigenvalue weighted by Gasteiger charge is 2.14. The zero-order valence-corrected chi connectivity index (χ0v) is 10.8. The molecule has 0 amide bonds. The van der Waals surface area contributed by atoms with E-state index in [0.29, 0.717) is 13.0 Å². The predicted octanol–water partition coefficient (Wildman–Crippen LogP) is 2.56. The lowest BCUT2D eigenvalue weighted by Crippen LogP contribution is -2.18. The third-order valence-corrected chi connectivity index (χ3v) is 3.12. The molecule has 94 valence electrons. The van der Waals surface area contributed by atoms with Gasteiger partial charge in [-0.3, -0.25) is 4.79 Å². The molecule has 0 heterocycles. The molecule has 0 saturated carbocycles. The van der Waals surface area contributed by atoms with Crippen LogP contribution in [0.4, 0.5) is 0 Å². The summed E-state index contributed by atoms with van der Waals surface area (Å²) in [5.74, 6) is 1.23. The summed E-state index contributed by atoms with van der Waals surface area (Å²) >= 11 is 0. The van der Waals surface area contributed by atoms with E-state index in [9.17, 15) is 4.79 Å². The van der Waals surface area contributed by atoms with Crippen LogP contribution in [0.5, 0.6) is 5.75 Å². The first kappa shape index (κ1) is 13.7. The highest BCUT2D eigenvalue weighted by molar-refractivity contribution is 5.97. The van der Waals surface area contributed by atoms with Gasteiger partial charge in [0.05, 0.1) is 7.11 Å². The Balaban J connectivity index is 2.82. The molecule has 17 heavy (non-hydrogen) atoms. The third kappa shape index (κ3) is 3.56. The average Bonchev–Trinajstić information content (AvgIpc) is 2.35. The van der Waals surface area contributed by atoms with Crippen LogP contribution < -0.4 is 10.5 Å². The Bertz CT molecular complexity index is 384. The maximum Gasteiger partial charge on any atom is 0.163 e. The fraction of sp³-hybridized carbons (Fsp3) is 0.500. The largest absolute Gasteiger partial charge is 0.497 e. The Morgan fingerprint density at radius 3 is 2.65 bits per heavy atom. The van der Waals surface area contributed by atoms with Crippen LogP contribution in [0, 0.1) is 12.8 Å². The average molecular weight is 235 g/mol. The number of ketones is 1. The summed E-state index contributed by atoms with van der Waals surface area (Å²) < 4.78 is 5.12. The van der Waals surface area contributed by atoms with E-state index in [1.165, 1.54) is 0 Å². The van der Waals surface area contributed by atoms with Crippen LogP contribution in [0.15, 0.2) is 18.2 Å². The number of methoxy groups -OCH3 is 1. The maximum absolute atomic E-state index is 12.1. The zero-order chi connectivity index (χ0) is 12.8. The van der Waals surface area contributed by atoms with Gasteiger partial charge in [-0.05, 0) is 43.1 Å². The fourth-order valence-electron chi connectivity index (χ4n) is 1.84. The second-order valence-corrected chi connectivity index (χ2v) is 4.32. The number of aryl methyl sites for hydroxylation is 1. The van der Waals surface area contributed by atoms with Crippen LogP contribution in [0.25, 0.3) is 0 Å². The number of carbonyl (C=O) groups is 1. The number of nitrogens with two attached hydrogens (primary N) is 1. The van der Waals surface area contributed by atoms with Gasteiger partial charge in [0.15, 0.2) is 5.78 Å². The number of Topliss-reactive ketones (excluding diaryl/α,β-unsaturated/α-hetero) is 1. The molecule has 3 nitrogen and oxygen atoms in total. The van der Waals surface area contributed by atoms with E-state index in [1.807, 2.05) is 25.1 Å². The van der Waals surface area contributed by atoms with Gasteiger partial charge in [-0.2, -0.15) is 0 Å². The van der Waals surface area contributed by atoms with Gasteiger partial charge in [0.25, 0.3) is 0 Å². The number of benzene rings is 1. The monoisotopic (exact) mass is 235 g/mol. The lowest BCUT2D eigenvalue weighted by Gasteiger charge is -2.12. The number of ether oxygens (including phenoxy) is 1. The topological polar surface area (TPSA) is 52.3 Å². The van der Waals surface area contributed by atoms with Crippen LogP contribution in [-0.4, -0.2) is 19.4 Å². The van der Waals surface area contributed by atoms with Crippen molar-refractivity contribution in [3.8, 4) is 5.75 Å². The van der Waals surface area contributed by atoms with Crippen molar-refractivity contribution in [2.45, 2.75) is 26.7 Å². The molecule has 0 spiro atoms. The summed E-state index contributed by atoms with van der Waals surface area (Å²) in [6, 6.07) is 5.54. The molecule has 1 unspecified atom stereocenters. The standard InChI is InChI=1S/C14H21NO2/c1-4-11(9-15)8-14(16)13-6-5-12(17-3)7-10(13)2/h5-7,11H,4,8-9,15H2,1-3H3. The molecule has 0 bridgehead atoms. The summed E-state index contributed by atoms with van der Waals surface area (Å²) in [5, 5.41) is 0. The summed E-state index contributed by atoms with van der Waals surface area (Å²) in [7, 11) is 1.62. The maximum atomic E-state index is 12.1. The van der Waals surface area contributed by atoms with Gasteiger partial charge in [-0.1, -0.05) is 13.3 Å². The second-order valence-electron chi connectivity index (χ2n) is 4.32. The zero-order valence-electron chi connectivity index (χ0n) is 10.8. The van der Waals surface area contributed by atoms with E-state index in [-0.39, 0.29) is 11.7 Å². The van der Waals surface area contributed by atoms with E-state index in [1.54, 1.807) is 7.11 Å². The Morgan fingerprint density at radius 1 is 1.47 bits per heavy atom. The lowest BCUT2D eigenvalue weighted by atomic mass is 9.94. The predicted molar refractivity (Wildman–Crippen MR) is 69.5 cm³/mol. The molecular weight excluding hydrogens is 214 g/mol. The molecule has 2 N–H and O–H groups in total. The van der Waals surface area contributed by atoms with Crippen molar-refractivity contribution in [3.05, 3.63) is 29.3 Å². The van der Waals surface area contributed by atoms with E-state index >= 15 is 0 Å².